The van der Waals surface area contributed by atoms with Crippen LogP contribution < -0.4 is 4.74 Å². The molecule has 0 spiro atoms. The average molecular weight is 584 g/mol. The molecular formula is C30H33N9O4. The summed E-state index contributed by atoms with van der Waals surface area (Å²) in [5, 5.41) is 11.7. The summed E-state index contributed by atoms with van der Waals surface area (Å²) in [7, 11) is 0. The zero-order chi connectivity index (χ0) is 30.2. The number of aryl methyl sites for hydroxylation is 1. The van der Waals surface area contributed by atoms with Crippen molar-refractivity contribution in [2.45, 2.75) is 57.7 Å². The third kappa shape index (κ3) is 7.45. The minimum atomic E-state index is -0.665. The summed E-state index contributed by atoms with van der Waals surface area (Å²) in [6, 6.07) is 16.7. The summed E-state index contributed by atoms with van der Waals surface area (Å²) in [4.78, 5) is 34.0. The van der Waals surface area contributed by atoms with Crippen molar-refractivity contribution in [3.05, 3.63) is 104 Å². The molecule has 3 aromatic rings. The molecule has 1 heterocycles. The normalized spacial score (nSPS) is 16.9. The number of nitrogens with zero attached hydrogens (tertiary/aromatic N) is 9. The summed E-state index contributed by atoms with van der Waals surface area (Å²) in [5.41, 5.74) is 20.0. The van der Waals surface area contributed by atoms with Gasteiger partial charge in [0, 0.05) is 52.2 Å². The second-order valence-electron chi connectivity index (χ2n) is 11.3. The Labute approximate surface area is 248 Å². The second kappa shape index (κ2) is 13.3. The molecule has 1 atom stereocenters. The zero-order valence-corrected chi connectivity index (χ0v) is 24.0. The van der Waals surface area contributed by atoms with Gasteiger partial charge in [0.2, 0.25) is 0 Å². The molecule has 43 heavy (non-hydrogen) atoms. The van der Waals surface area contributed by atoms with Gasteiger partial charge >= 0.3 is 6.09 Å². The van der Waals surface area contributed by atoms with Crippen LogP contribution in [0.25, 0.3) is 20.9 Å². The highest BCUT2D eigenvalue weighted by Gasteiger charge is 2.39. The number of benzene rings is 2. The van der Waals surface area contributed by atoms with Gasteiger partial charge in [-0.1, -0.05) is 47.5 Å². The number of aromatic nitrogens is 2. The molecule has 1 fully saturated rings. The molecule has 1 aromatic heterocycles. The molecule has 0 N–H and O–H groups in total. The smallest absolute Gasteiger partial charge is 0.435 e. The summed E-state index contributed by atoms with van der Waals surface area (Å²) >= 11 is 0. The number of hydrogen-bond acceptors (Lipinski definition) is 7. The number of fused-ring (bicyclic) bond motifs is 1. The molecule has 13 nitrogen and oxygen atoms in total. The average Bonchev–Trinajstić information content (AvgIpc) is 3.78. The predicted molar refractivity (Wildman–Crippen MR) is 157 cm³/mol. The van der Waals surface area contributed by atoms with Gasteiger partial charge in [0.1, 0.15) is 12.4 Å². The van der Waals surface area contributed by atoms with Crippen LogP contribution in [0.2, 0.25) is 0 Å². The first-order chi connectivity index (χ1) is 20.9. The van der Waals surface area contributed by atoms with Crippen molar-refractivity contribution in [1.29, 1.82) is 0 Å². The maximum atomic E-state index is 13.7. The fraction of sp³-hybridized carbons (Fsp3) is 0.433. The highest BCUT2D eigenvalue weighted by molar-refractivity contribution is 5.95. The number of carbonyl (C=O) groups is 2. The Bertz CT molecular complexity index is 1520. The van der Waals surface area contributed by atoms with Crippen LogP contribution in [-0.2, 0) is 24.2 Å². The predicted octanol–water partition coefficient (Wildman–Crippen LogP) is 6.24. The molecule has 0 saturated heterocycles. The number of hydrogen-bond donors (Lipinski definition) is 0. The van der Waals surface area contributed by atoms with Crippen LogP contribution in [0.4, 0.5) is 4.79 Å². The topological polar surface area (TPSA) is 171 Å². The third-order valence-corrected chi connectivity index (χ3v) is 7.73. The molecule has 2 aliphatic rings. The summed E-state index contributed by atoms with van der Waals surface area (Å²) in [6.45, 7) is 2.39. The molecular weight excluding hydrogens is 550 g/mol. The monoisotopic (exact) mass is 583 g/mol. The minimum absolute atomic E-state index is 0.00324. The van der Waals surface area contributed by atoms with Gasteiger partial charge in [0.25, 0.3) is 5.91 Å². The van der Waals surface area contributed by atoms with E-state index in [4.69, 9.17) is 20.5 Å². The fourth-order valence-corrected chi connectivity index (χ4v) is 5.23. The molecule has 1 saturated carbocycles. The van der Waals surface area contributed by atoms with E-state index in [1.54, 1.807) is 30.5 Å². The Balaban J connectivity index is 1.21. The van der Waals surface area contributed by atoms with Gasteiger partial charge in [-0.15, -0.1) is 0 Å². The molecule has 1 unspecified atom stereocenters. The van der Waals surface area contributed by atoms with E-state index in [-0.39, 0.29) is 44.3 Å². The molecule has 13 heteroatoms. The van der Waals surface area contributed by atoms with Gasteiger partial charge in [-0.2, -0.15) is 9.78 Å². The maximum absolute atomic E-state index is 13.7. The van der Waals surface area contributed by atoms with E-state index in [0.29, 0.717) is 24.2 Å². The molecule has 5 rings (SSSR count). The summed E-state index contributed by atoms with van der Waals surface area (Å²) in [5.74, 6) is 0.519. The Kier molecular flexibility index (Phi) is 9.14. The lowest BCUT2D eigenvalue weighted by Gasteiger charge is -2.34. The van der Waals surface area contributed by atoms with Crippen molar-refractivity contribution >= 4 is 12.0 Å². The van der Waals surface area contributed by atoms with Crippen molar-refractivity contribution < 1.29 is 19.1 Å². The van der Waals surface area contributed by atoms with Crippen molar-refractivity contribution in [3.8, 4) is 5.75 Å². The number of amides is 1. The molecule has 2 aromatic carbocycles. The Hall–Kier alpha value is -4.99. The van der Waals surface area contributed by atoms with E-state index in [9.17, 15) is 9.59 Å². The number of azide groups is 2. The molecule has 2 aliphatic carbocycles. The SMILES string of the molecule is CC(CN=[N+]=[N-])(CN=[N+]=[N-])COc1ccc(C(=O)N(C2CC2)C2CCc3nn(C(=O)OCc4ccccc4)cc3C2)cc1. The lowest BCUT2D eigenvalue weighted by molar-refractivity contribution is 0.0642. The number of carbonyl (C=O) groups excluding carboxylic acids is 2. The molecule has 222 valence electrons. The van der Waals surface area contributed by atoms with Crippen LogP contribution in [0.3, 0.4) is 0 Å². The quantitative estimate of drug-likeness (QED) is 0.139. The third-order valence-electron chi connectivity index (χ3n) is 7.73. The van der Waals surface area contributed by atoms with Crippen LogP contribution in [0, 0.1) is 5.41 Å². The van der Waals surface area contributed by atoms with Gasteiger partial charge < -0.3 is 14.4 Å². The highest BCUT2D eigenvalue weighted by Crippen LogP contribution is 2.35. The summed E-state index contributed by atoms with van der Waals surface area (Å²) < 4.78 is 12.6. The fourth-order valence-electron chi connectivity index (χ4n) is 5.23. The van der Waals surface area contributed by atoms with Gasteiger partial charge in [0.05, 0.1) is 12.3 Å². The Morgan fingerprint density at radius 3 is 2.37 bits per heavy atom. The van der Waals surface area contributed by atoms with E-state index in [1.165, 1.54) is 4.68 Å². The lowest BCUT2D eigenvalue weighted by atomic mass is 9.91. The first-order valence-electron chi connectivity index (χ1n) is 14.2. The van der Waals surface area contributed by atoms with Crippen molar-refractivity contribution in [2.75, 3.05) is 19.7 Å². The van der Waals surface area contributed by atoms with E-state index in [0.717, 1.165) is 36.1 Å². The summed E-state index contributed by atoms with van der Waals surface area (Å²) in [6.07, 6.45) is 5.21. The van der Waals surface area contributed by atoms with E-state index >= 15 is 0 Å². The van der Waals surface area contributed by atoms with Crippen molar-refractivity contribution in [2.24, 2.45) is 15.6 Å². The lowest BCUT2D eigenvalue weighted by Crippen LogP contribution is -2.44. The Morgan fingerprint density at radius 2 is 1.72 bits per heavy atom. The van der Waals surface area contributed by atoms with Crippen molar-refractivity contribution in [1.82, 2.24) is 14.7 Å². The molecule has 0 bridgehead atoms. The van der Waals surface area contributed by atoms with E-state index in [1.807, 2.05) is 42.2 Å². The van der Waals surface area contributed by atoms with Gasteiger partial charge in [-0.05, 0) is 78.6 Å². The standard InChI is InChI=1S/C30H33N9O4/c1-30(18-33-36-31,19-34-37-32)20-43-26-12-7-22(8-13-26)28(40)39(24-9-10-24)25-11-14-27-23(15-25)16-38(35-27)29(41)42-17-21-5-3-2-4-6-21/h2-8,12-13,16,24-25H,9-11,14-15,17-20H2,1H3. The molecule has 1 amide bonds. The highest BCUT2D eigenvalue weighted by atomic mass is 16.6. The maximum Gasteiger partial charge on any atom is 0.435 e. The zero-order valence-electron chi connectivity index (χ0n) is 24.0. The molecule has 0 aliphatic heterocycles. The first-order valence-corrected chi connectivity index (χ1v) is 14.2. The van der Waals surface area contributed by atoms with Gasteiger partial charge in [0.15, 0.2) is 0 Å². The Morgan fingerprint density at radius 1 is 1.02 bits per heavy atom. The number of rotatable bonds is 12. The van der Waals surface area contributed by atoms with Crippen LogP contribution in [0.15, 0.2) is 71.0 Å². The van der Waals surface area contributed by atoms with Gasteiger partial charge in [-0.25, -0.2) is 4.79 Å². The first kappa shape index (κ1) is 29.5. The van der Waals surface area contributed by atoms with Gasteiger partial charge in [-0.3, -0.25) is 4.79 Å². The van der Waals surface area contributed by atoms with Crippen LogP contribution in [0.5, 0.6) is 5.75 Å². The largest absolute Gasteiger partial charge is 0.493 e. The number of ether oxygens (including phenoxy) is 2. The van der Waals surface area contributed by atoms with Crippen LogP contribution in [0.1, 0.15) is 53.4 Å². The van der Waals surface area contributed by atoms with Crippen LogP contribution in [-0.4, -0.2) is 58.5 Å². The van der Waals surface area contributed by atoms with E-state index in [2.05, 4.69) is 25.2 Å². The molecule has 0 radical (unpaired) electrons. The second-order valence-corrected chi connectivity index (χ2v) is 11.3. The van der Waals surface area contributed by atoms with Crippen molar-refractivity contribution in [3.63, 3.8) is 0 Å². The van der Waals surface area contributed by atoms with E-state index < -0.39 is 11.5 Å². The van der Waals surface area contributed by atoms with Crippen LogP contribution >= 0.6 is 0 Å². The minimum Gasteiger partial charge on any atom is -0.493 e.